The molecule has 1 heterocycles. The number of piperidine rings is 1. The number of anilines is 1. The highest BCUT2D eigenvalue weighted by molar-refractivity contribution is 6.42. The lowest BCUT2D eigenvalue weighted by atomic mass is 9.94. The van der Waals surface area contributed by atoms with Crippen LogP contribution in [0.5, 0.6) is 0 Å². The van der Waals surface area contributed by atoms with E-state index < -0.39 is 0 Å². The van der Waals surface area contributed by atoms with Crippen molar-refractivity contribution in [1.82, 2.24) is 10.2 Å². The number of benzene rings is 2. The molecule has 0 saturated carbocycles. The van der Waals surface area contributed by atoms with Crippen LogP contribution in [0.4, 0.5) is 10.5 Å². The van der Waals surface area contributed by atoms with Gasteiger partial charge >= 0.3 is 6.03 Å². The molecule has 2 amide bonds. The molecule has 156 valence electrons. The largest absolute Gasteiger partial charge is 0.337 e. The third-order valence-corrected chi connectivity index (χ3v) is 6.22. The number of carbonyl (C=O) groups is 1. The van der Waals surface area contributed by atoms with E-state index in [1.807, 2.05) is 0 Å². The van der Waals surface area contributed by atoms with E-state index >= 15 is 0 Å². The van der Waals surface area contributed by atoms with Crippen molar-refractivity contribution in [3.05, 3.63) is 63.6 Å². The van der Waals surface area contributed by atoms with Crippen LogP contribution in [-0.4, -0.2) is 37.1 Å². The Balaban J connectivity index is 1.58. The first-order chi connectivity index (χ1) is 14.0. The van der Waals surface area contributed by atoms with E-state index in [1.54, 1.807) is 18.2 Å². The molecule has 2 N–H and O–H groups in total. The van der Waals surface area contributed by atoms with Crippen LogP contribution < -0.4 is 10.6 Å². The summed E-state index contributed by atoms with van der Waals surface area (Å²) in [5.74, 6) is 0.275. The van der Waals surface area contributed by atoms with Crippen LogP contribution in [-0.2, 0) is 0 Å². The van der Waals surface area contributed by atoms with E-state index in [9.17, 15) is 4.79 Å². The second-order valence-corrected chi connectivity index (χ2v) is 8.58. The minimum Gasteiger partial charge on any atom is -0.337 e. The molecule has 29 heavy (non-hydrogen) atoms. The molecule has 0 radical (unpaired) electrons. The minimum absolute atomic E-state index is 0.238. The second kappa shape index (κ2) is 10.9. The lowest BCUT2D eigenvalue weighted by molar-refractivity contribution is 0.219. The third kappa shape index (κ3) is 6.91. The summed E-state index contributed by atoms with van der Waals surface area (Å²) in [4.78, 5) is 14.9. The zero-order chi connectivity index (χ0) is 20.6. The van der Waals surface area contributed by atoms with Gasteiger partial charge in [0, 0.05) is 18.2 Å². The molecule has 1 unspecified atom stereocenters. The van der Waals surface area contributed by atoms with Gasteiger partial charge in [-0.15, -0.1) is 0 Å². The molecule has 2 aromatic carbocycles. The van der Waals surface area contributed by atoms with Gasteiger partial charge in [0.05, 0.1) is 10.0 Å². The summed E-state index contributed by atoms with van der Waals surface area (Å²) in [6, 6.07) is 13.5. The molecule has 0 aromatic heterocycles. The summed E-state index contributed by atoms with van der Waals surface area (Å²) in [6.07, 6.45) is 4.95. The number of likely N-dealkylation sites (tertiary alicyclic amines) is 1. The number of halogens is 2. The zero-order valence-electron chi connectivity index (χ0n) is 16.9. The quantitative estimate of drug-likeness (QED) is 0.555. The molecule has 6 heteroatoms. The van der Waals surface area contributed by atoms with Crippen molar-refractivity contribution in [3.8, 4) is 0 Å². The predicted octanol–water partition coefficient (Wildman–Crippen LogP) is 6.08. The number of urea groups is 1. The van der Waals surface area contributed by atoms with Crippen molar-refractivity contribution in [3.63, 3.8) is 0 Å². The monoisotopic (exact) mass is 433 g/mol. The number of rotatable bonds is 7. The number of carbonyl (C=O) groups excluding carboxylic acids is 1. The standard InChI is InChI=1S/C23H29Cl2N3O/c1-17-5-7-18(8-6-17)19(11-14-28-12-3-2-4-13-28)16-26-23(29)27-20-9-10-21(24)22(25)15-20/h5-10,15,19H,2-4,11-14,16H2,1H3,(H2,26,27,29). The Bertz CT molecular complexity index is 804. The van der Waals surface area contributed by atoms with Crippen molar-refractivity contribution in [1.29, 1.82) is 0 Å². The third-order valence-electron chi connectivity index (χ3n) is 5.48. The Kier molecular flexibility index (Phi) is 8.22. The van der Waals surface area contributed by atoms with E-state index in [4.69, 9.17) is 23.2 Å². The average Bonchev–Trinajstić information content (AvgIpc) is 2.72. The summed E-state index contributed by atoms with van der Waals surface area (Å²) >= 11 is 12.0. The number of hydrogen-bond donors (Lipinski definition) is 2. The minimum atomic E-state index is -0.238. The first kappa shape index (κ1) is 21.9. The molecule has 1 aliphatic rings. The maximum Gasteiger partial charge on any atom is 0.319 e. The van der Waals surface area contributed by atoms with Crippen molar-refractivity contribution < 1.29 is 4.79 Å². The average molecular weight is 434 g/mol. The molecular formula is C23H29Cl2N3O. The Labute approximate surface area is 183 Å². The molecule has 4 nitrogen and oxygen atoms in total. The number of aryl methyl sites for hydroxylation is 1. The van der Waals surface area contributed by atoms with E-state index in [2.05, 4.69) is 46.7 Å². The van der Waals surface area contributed by atoms with Crippen LogP contribution in [0.1, 0.15) is 42.7 Å². The van der Waals surface area contributed by atoms with Gasteiger partial charge in [-0.3, -0.25) is 0 Å². The molecule has 0 spiro atoms. The SMILES string of the molecule is Cc1ccc(C(CCN2CCCCC2)CNC(=O)Nc2ccc(Cl)c(Cl)c2)cc1. The van der Waals surface area contributed by atoms with Crippen LogP contribution in [0.2, 0.25) is 10.0 Å². The molecular weight excluding hydrogens is 405 g/mol. The predicted molar refractivity (Wildman–Crippen MR) is 122 cm³/mol. The van der Waals surface area contributed by atoms with Crippen molar-refractivity contribution in [2.24, 2.45) is 0 Å². The fraction of sp³-hybridized carbons (Fsp3) is 0.435. The molecule has 1 fully saturated rings. The molecule has 2 aromatic rings. The normalized spacial score (nSPS) is 15.7. The molecule has 3 rings (SSSR count). The van der Waals surface area contributed by atoms with Gasteiger partial charge in [-0.1, -0.05) is 59.5 Å². The number of hydrogen-bond acceptors (Lipinski definition) is 2. The highest BCUT2D eigenvalue weighted by atomic mass is 35.5. The van der Waals surface area contributed by atoms with Gasteiger partial charge < -0.3 is 15.5 Å². The topological polar surface area (TPSA) is 44.4 Å². The van der Waals surface area contributed by atoms with Crippen molar-refractivity contribution in [2.75, 3.05) is 31.5 Å². The highest BCUT2D eigenvalue weighted by Gasteiger charge is 2.17. The van der Waals surface area contributed by atoms with E-state index in [0.717, 1.165) is 13.0 Å². The fourth-order valence-electron chi connectivity index (χ4n) is 3.71. The van der Waals surface area contributed by atoms with E-state index in [0.29, 0.717) is 22.3 Å². The van der Waals surface area contributed by atoms with Crippen LogP contribution in [0.25, 0.3) is 0 Å². The number of nitrogens with one attached hydrogen (secondary N) is 2. The molecule has 0 bridgehead atoms. The van der Waals surface area contributed by atoms with Crippen molar-refractivity contribution >= 4 is 34.9 Å². The summed E-state index contributed by atoms with van der Waals surface area (Å²) in [5.41, 5.74) is 3.13. The summed E-state index contributed by atoms with van der Waals surface area (Å²) < 4.78 is 0. The Morgan fingerprint density at radius 2 is 1.76 bits per heavy atom. The summed E-state index contributed by atoms with van der Waals surface area (Å²) in [7, 11) is 0. The smallest absolute Gasteiger partial charge is 0.319 e. The maximum absolute atomic E-state index is 12.4. The number of amides is 2. The molecule has 1 aliphatic heterocycles. The van der Waals surface area contributed by atoms with E-state index in [1.165, 1.54) is 43.5 Å². The first-order valence-electron chi connectivity index (χ1n) is 10.3. The lowest BCUT2D eigenvalue weighted by Crippen LogP contribution is -2.35. The molecule has 1 saturated heterocycles. The van der Waals surface area contributed by atoms with Crippen LogP contribution in [0, 0.1) is 6.92 Å². The second-order valence-electron chi connectivity index (χ2n) is 7.76. The van der Waals surface area contributed by atoms with Crippen LogP contribution in [0.3, 0.4) is 0 Å². The van der Waals surface area contributed by atoms with E-state index in [-0.39, 0.29) is 11.9 Å². The first-order valence-corrected chi connectivity index (χ1v) is 11.1. The van der Waals surface area contributed by atoms with Gasteiger partial charge in [-0.05, 0) is 69.6 Å². The molecule has 1 atom stereocenters. The van der Waals surface area contributed by atoms with Gasteiger partial charge in [-0.2, -0.15) is 0 Å². The summed E-state index contributed by atoms with van der Waals surface area (Å²) in [5, 5.41) is 6.74. The van der Waals surface area contributed by atoms with Crippen LogP contribution >= 0.6 is 23.2 Å². The number of nitrogens with zero attached hydrogens (tertiary/aromatic N) is 1. The summed E-state index contributed by atoms with van der Waals surface area (Å²) in [6.45, 7) is 6.12. The van der Waals surface area contributed by atoms with Crippen molar-refractivity contribution in [2.45, 2.75) is 38.5 Å². The Morgan fingerprint density at radius 3 is 2.45 bits per heavy atom. The van der Waals surface area contributed by atoms with Gasteiger partial charge in [0.2, 0.25) is 0 Å². The fourth-order valence-corrected chi connectivity index (χ4v) is 4.01. The van der Waals surface area contributed by atoms with Gasteiger partial charge in [0.15, 0.2) is 0 Å². The zero-order valence-corrected chi connectivity index (χ0v) is 18.4. The highest BCUT2D eigenvalue weighted by Crippen LogP contribution is 2.25. The maximum atomic E-state index is 12.4. The van der Waals surface area contributed by atoms with Gasteiger partial charge in [0.25, 0.3) is 0 Å². The Hall–Kier alpha value is -1.75. The van der Waals surface area contributed by atoms with Gasteiger partial charge in [-0.25, -0.2) is 4.79 Å². The van der Waals surface area contributed by atoms with Gasteiger partial charge in [0.1, 0.15) is 0 Å². The Morgan fingerprint density at radius 1 is 1.03 bits per heavy atom. The van der Waals surface area contributed by atoms with Crippen LogP contribution in [0.15, 0.2) is 42.5 Å². The molecule has 0 aliphatic carbocycles. The lowest BCUT2D eigenvalue weighted by Gasteiger charge is -2.28.